The van der Waals surface area contributed by atoms with Crippen LogP contribution in [-0.4, -0.2) is 34.6 Å². The van der Waals surface area contributed by atoms with Gasteiger partial charge >= 0.3 is 5.97 Å². The SMILES string of the molecule is CCOC(=O)CN(c1cc(Cl)ccc1OC)S(=O)(=O)c1ccc(Br)cc1. The lowest BCUT2D eigenvalue weighted by molar-refractivity contribution is -0.141. The summed E-state index contributed by atoms with van der Waals surface area (Å²) in [5, 5.41) is 0.306. The summed E-state index contributed by atoms with van der Waals surface area (Å²) in [5.74, 6) is -0.422. The number of esters is 1. The van der Waals surface area contributed by atoms with E-state index in [9.17, 15) is 13.2 Å². The van der Waals surface area contributed by atoms with Gasteiger partial charge in [-0.1, -0.05) is 27.5 Å². The van der Waals surface area contributed by atoms with Crippen molar-refractivity contribution in [2.24, 2.45) is 0 Å². The number of halogens is 2. The number of anilines is 1. The van der Waals surface area contributed by atoms with Gasteiger partial charge < -0.3 is 9.47 Å². The van der Waals surface area contributed by atoms with Crippen molar-refractivity contribution >= 4 is 49.2 Å². The molecule has 0 spiro atoms. The molecule has 0 fully saturated rings. The minimum Gasteiger partial charge on any atom is -0.495 e. The maximum absolute atomic E-state index is 13.2. The molecule has 0 unspecified atom stereocenters. The zero-order valence-corrected chi connectivity index (χ0v) is 17.3. The molecule has 0 atom stereocenters. The number of nitrogens with zero attached hydrogens (tertiary/aromatic N) is 1. The maximum atomic E-state index is 13.2. The van der Waals surface area contributed by atoms with Gasteiger partial charge in [-0.3, -0.25) is 9.10 Å². The Morgan fingerprint density at radius 1 is 1.19 bits per heavy atom. The minimum atomic E-state index is -4.06. The molecule has 6 nitrogen and oxygen atoms in total. The molecule has 0 N–H and O–H groups in total. The van der Waals surface area contributed by atoms with Crippen molar-refractivity contribution in [3.05, 3.63) is 52.0 Å². The second kappa shape index (κ2) is 8.75. The van der Waals surface area contributed by atoms with Crippen molar-refractivity contribution < 1.29 is 22.7 Å². The number of ether oxygens (including phenoxy) is 2. The fourth-order valence-electron chi connectivity index (χ4n) is 2.22. The lowest BCUT2D eigenvalue weighted by atomic mass is 10.3. The minimum absolute atomic E-state index is 0.0204. The van der Waals surface area contributed by atoms with Crippen LogP contribution in [0.2, 0.25) is 5.02 Å². The molecule has 0 bridgehead atoms. The van der Waals surface area contributed by atoms with Crippen LogP contribution in [0.1, 0.15) is 6.92 Å². The Morgan fingerprint density at radius 3 is 2.42 bits per heavy atom. The summed E-state index contributed by atoms with van der Waals surface area (Å²) in [6.07, 6.45) is 0. The average molecular weight is 463 g/mol. The topological polar surface area (TPSA) is 72.9 Å². The fraction of sp³-hybridized carbons (Fsp3) is 0.235. The highest BCUT2D eigenvalue weighted by atomic mass is 79.9. The van der Waals surface area contributed by atoms with Crippen LogP contribution < -0.4 is 9.04 Å². The summed E-state index contributed by atoms with van der Waals surface area (Å²) in [4.78, 5) is 12.1. The van der Waals surface area contributed by atoms with E-state index in [2.05, 4.69) is 15.9 Å². The molecule has 2 rings (SSSR count). The van der Waals surface area contributed by atoms with Crippen molar-refractivity contribution in [2.75, 3.05) is 24.6 Å². The second-order valence-electron chi connectivity index (χ2n) is 5.09. The zero-order valence-electron chi connectivity index (χ0n) is 14.1. The number of benzene rings is 2. The van der Waals surface area contributed by atoms with E-state index in [0.29, 0.717) is 5.02 Å². The van der Waals surface area contributed by atoms with Gasteiger partial charge in [0.25, 0.3) is 10.0 Å². The molecule has 0 aliphatic heterocycles. The van der Waals surface area contributed by atoms with Crippen molar-refractivity contribution in [3.63, 3.8) is 0 Å². The zero-order chi connectivity index (χ0) is 19.3. The normalized spacial score (nSPS) is 11.1. The highest BCUT2D eigenvalue weighted by Gasteiger charge is 2.30. The molecule has 2 aromatic carbocycles. The monoisotopic (exact) mass is 461 g/mol. The summed E-state index contributed by atoms with van der Waals surface area (Å²) >= 11 is 9.30. The highest BCUT2D eigenvalue weighted by Crippen LogP contribution is 2.35. The first kappa shape index (κ1) is 20.5. The van der Waals surface area contributed by atoms with Crippen molar-refractivity contribution in [3.8, 4) is 5.75 Å². The quantitative estimate of drug-likeness (QED) is 0.584. The first-order valence-electron chi connectivity index (χ1n) is 7.57. The van der Waals surface area contributed by atoms with Crippen molar-refractivity contribution in [2.45, 2.75) is 11.8 Å². The number of hydrogen-bond donors (Lipinski definition) is 0. The molecule has 26 heavy (non-hydrogen) atoms. The number of carbonyl (C=O) groups excluding carboxylic acids is 1. The predicted octanol–water partition coefficient (Wildman–Crippen LogP) is 3.87. The maximum Gasteiger partial charge on any atom is 0.326 e. The summed E-state index contributed by atoms with van der Waals surface area (Å²) in [6.45, 7) is 1.27. The molecule has 0 aliphatic rings. The van der Waals surface area contributed by atoms with Crippen molar-refractivity contribution in [1.29, 1.82) is 0 Å². The van der Waals surface area contributed by atoms with E-state index in [1.807, 2.05) is 0 Å². The van der Waals surface area contributed by atoms with Gasteiger partial charge in [0.05, 0.1) is 24.3 Å². The van der Waals surface area contributed by atoms with Crippen LogP contribution in [0, 0.1) is 0 Å². The molecule has 0 aliphatic carbocycles. The first-order valence-corrected chi connectivity index (χ1v) is 10.2. The Balaban J connectivity index is 2.59. The molecule has 140 valence electrons. The van der Waals surface area contributed by atoms with Crippen LogP contribution >= 0.6 is 27.5 Å². The van der Waals surface area contributed by atoms with Crippen LogP contribution in [0.15, 0.2) is 51.8 Å². The van der Waals surface area contributed by atoms with E-state index in [0.717, 1.165) is 8.78 Å². The second-order valence-corrected chi connectivity index (χ2v) is 8.30. The van der Waals surface area contributed by atoms with Gasteiger partial charge in [-0.25, -0.2) is 8.42 Å². The lowest BCUT2D eigenvalue weighted by Crippen LogP contribution is -2.36. The molecule has 2 aromatic rings. The molecule has 0 aromatic heterocycles. The largest absolute Gasteiger partial charge is 0.495 e. The summed E-state index contributed by atoms with van der Waals surface area (Å²) in [5.41, 5.74) is 0.149. The Bertz CT molecular complexity index is 887. The number of rotatable bonds is 7. The fourth-order valence-corrected chi connectivity index (χ4v) is 4.06. The summed E-state index contributed by atoms with van der Waals surface area (Å²) < 4.78 is 38.2. The Kier molecular flexibility index (Phi) is 6.91. The van der Waals surface area contributed by atoms with Gasteiger partial charge in [-0.15, -0.1) is 0 Å². The van der Waals surface area contributed by atoms with Gasteiger partial charge in [-0.2, -0.15) is 0 Å². The van der Waals surface area contributed by atoms with Crippen LogP contribution in [0.5, 0.6) is 5.75 Å². The lowest BCUT2D eigenvalue weighted by Gasteiger charge is -2.25. The Labute approximate surface area is 165 Å². The van der Waals surface area contributed by atoms with Gasteiger partial charge in [0, 0.05) is 9.50 Å². The third kappa shape index (κ3) is 4.69. The van der Waals surface area contributed by atoms with Gasteiger partial charge in [0.2, 0.25) is 0 Å². The molecule has 0 saturated carbocycles. The summed E-state index contributed by atoms with van der Waals surface area (Å²) in [6, 6.07) is 10.6. The Hall–Kier alpha value is -1.77. The first-order chi connectivity index (χ1) is 12.3. The summed E-state index contributed by atoms with van der Waals surface area (Å²) in [7, 11) is -2.66. The van der Waals surface area contributed by atoms with Crippen LogP contribution in [0.4, 0.5) is 5.69 Å². The smallest absolute Gasteiger partial charge is 0.326 e. The van der Waals surface area contributed by atoms with E-state index in [1.165, 1.54) is 31.4 Å². The molecule has 0 heterocycles. The standard InChI is InChI=1S/C17H17BrClNO5S/c1-3-25-17(21)11-20(15-10-13(19)6-9-16(15)24-2)26(22,23)14-7-4-12(18)5-8-14/h4-10H,3,11H2,1-2H3. The van der Waals surface area contributed by atoms with Crippen LogP contribution in [0.25, 0.3) is 0 Å². The van der Waals surface area contributed by atoms with Gasteiger partial charge in [-0.05, 0) is 49.4 Å². The van der Waals surface area contributed by atoms with Gasteiger partial charge in [0.1, 0.15) is 12.3 Å². The van der Waals surface area contributed by atoms with E-state index < -0.39 is 22.5 Å². The average Bonchev–Trinajstić information content (AvgIpc) is 2.60. The number of carbonyl (C=O) groups is 1. The van der Waals surface area contributed by atoms with Crippen LogP contribution in [-0.2, 0) is 19.6 Å². The predicted molar refractivity (Wildman–Crippen MR) is 103 cm³/mol. The third-order valence-corrected chi connectivity index (χ3v) is 5.93. The number of methoxy groups -OCH3 is 1. The molecular formula is C17H17BrClNO5S. The van der Waals surface area contributed by atoms with E-state index in [4.69, 9.17) is 21.1 Å². The molecule has 0 amide bonds. The Morgan fingerprint density at radius 2 is 1.85 bits per heavy atom. The highest BCUT2D eigenvalue weighted by molar-refractivity contribution is 9.10. The van der Waals surface area contributed by atoms with E-state index >= 15 is 0 Å². The van der Waals surface area contributed by atoms with E-state index in [-0.39, 0.29) is 22.9 Å². The van der Waals surface area contributed by atoms with Gasteiger partial charge in [0.15, 0.2) is 0 Å². The number of hydrogen-bond acceptors (Lipinski definition) is 5. The third-order valence-electron chi connectivity index (χ3n) is 3.39. The molecular weight excluding hydrogens is 446 g/mol. The molecule has 0 radical (unpaired) electrons. The molecule has 9 heteroatoms. The molecule has 0 saturated heterocycles. The van der Waals surface area contributed by atoms with Crippen LogP contribution in [0.3, 0.4) is 0 Å². The number of sulfonamides is 1. The van der Waals surface area contributed by atoms with Crippen molar-refractivity contribution in [1.82, 2.24) is 0 Å². The van der Waals surface area contributed by atoms with E-state index in [1.54, 1.807) is 25.1 Å².